The number of carbonyl (C=O) groups is 2. The fraction of sp³-hybridized carbons (Fsp3) is 0.522. The maximum absolute atomic E-state index is 13.4. The van der Waals surface area contributed by atoms with Crippen LogP contribution in [0.5, 0.6) is 5.75 Å². The summed E-state index contributed by atoms with van der Waals surface area (Å²) in [4.78, 5) is 28.8. The smallest absolute Gasteiger partial charge is 0.406 e. The van der Waals surface area contributed by atoms with Crippen LogP contribution in [0.15, 0.2) is 24.3 Å². The number of benzene rings is 1. The molecule has 2 aromatic rings. The lowest BCUT2D eigenvalue weighted by molar-refractivity contribution is -0.274. The summed E-state index contributed by atoms with van der Waals surface area (Å²) in [6.07, 6.45) is -3.05. The summed E-state index contributed by atoms with van der Waals surface area (Å²) in [6.45, 7) is 7.83. The van der Waals surface area contributed by atoms with Crippen molar-refractivity contribution in [2.24, 2.45) is 0 Å². The third-order valence-corrected chi connectivity index (χ3v) is 6.39. The van der Waals surface area contributed by atoms with E-state index in [0.29, 0.717) is 35.7 Å². The molecule has 0 aliphatic carbocycles. The van der Waals surface area contributed by atoms with Crippen molar-refractivity contribution in [2.75, 3.05) is 26.2 Å². The minimum Gasteiger partial charge on any atom is -0.406 e. The van der Waals surface area contributed by atoms with Crippen molar-refractivity contribution < 1.29 is 27.5 Å². The van der Waals surface area contributed by atoms with Crippen LogP contribution in [0.25, 0.3) is 5.69 Å². The number of rotatable bonds is 5. The average molecular weight is 480 g/mol. The van der Waals surface area contributed by atoms with E-state index in [9.17, 15) is 22.8 Å². The summed E-state index contributed by atoms with van der Waals surface area (Å²) in [5.41, 5.74) is 1.91. The van der Waals surface area contributed by atoms with Gasteiger partial charge in [-0.25, -0.2) is 4.68 Å². The molecule has 184 valence electrons. The Balaban J connectivity index is 1.47. The third-order valence-electron chi connectivity index (χ3n) is 6.39. The van der Waals surface area contributed by atoms with Crippen molar-refractivity contribution in [1.29, 1.82) is 0 Å². The molecule has 1 aromatic carbocycles. The number of aryl methyl sites for hydroxylation is 1. The molecule has 2 aliphatic heterocycles. The van der Waals surface area contributed by atoms with E-state index in [0.717, 1.165) is 25.9 Å². The zero-order chi connectivity index (χ0) is 24.6. The summed E-state index contributed by atoms with van der Waals surface area (Å²) in [7, 11) is 0. The fourth-order valence-corrected chi connectivity index (χ4v) is 4.92. The number of aromatic nitrogens is 2. The summed E-state index contributed by atoms with van der Waals surface area (Å²) < 4.78 is 43.3. The van der Waals surface area contributed by atoms with Gasteiger partial charge in [-0.15, -0.1) is 13.2 Å². The molecular formula is C23H28F3N5O3. The highest BCUT2D eigenvalue weighted by molar-refractivity contribution is 5.96. The first kappa shape index (κ1) is 24.1. The lowest BCUT2D eigenvalue weighted by Crippen LogP contribution is -2.41. The molecular weight excluding hydrogens is 451 g/mol. The zero-order valence-electron chi connectivity index (χ0n) is 19.4. The Hall–Kier alpha value is -3.08. The van der Waals surface area contributed by atoms with Crippen LogP contribution in [-0.2, 0) is 4.79 Å². The van der Waals surface area contributed by atoms with E-state index in [1.54, 1.807) is 24.8 Å². The molecule has 0 saturated carbocycles. The molecule has 0 spiro atoms. The second kappa shape index (κ2) is 9.28. The van der Waals surface area contributed by atoms with Crippen LogP contribution in [0, 0.1) is 13.8 Å². The molecule has 2 fully saturated rings. The van der Waals surface area contributed by atoms with Crippen LogP contribution >= 0.6 is 0 Å². The number of nitrogens with one attached hydrogen (secondary N) is 1. The number of carbonyl (C=O) groups excluding carboxylic acids is 2. The number of nitrogens with zero attached hydrogens (tertiary/aromatic N) is 4. The monoisotopic (exact) mass is 479 g/mol. The minimum atomic E-state index is -4.79. The number of ether oxygens (including phenoxy) is 1. The van der Waals surface area contributed by atoms with Gasteiger partial charge in [-0.05, 0) is 38.8 Å². The molecule has 2 amide bonds. The summed E-state index contributed by atoms with van der Waals surface area (Å²) in [6, 6.07) is 5.89. The molecule has 0 bridgehead atoms. The molecule has 1 N–H and O–H groups in total. The Labute approximate surface area is 195 Å². The lowest BCUT2D eigenvalue weighted by Gasteiger charge is -2.24. The van der Waals surface area contributed by atoms with Gasteiger partial charge in [-0.2, -0.15) is 5.10 Å². The first-order chi connectivity index (χ1) is 16.0. The van der Waals surface area contributed by atoms with Gasteiger partial charge in [0.15, 0.2) is 0 Å². The Morgan fingerprint density at radius 1 is 1.15 bits per heavy atom. The number of hydrogen-bond donors (Lipinski definition) is 1. The molecule has 1 aromatic heterocycles. The molecule has 4 rings (SSSR count). The van der Waals surface area contributed by atoms with E-state index in [-0.39, 0.29) is 29.6 Å². The normalized spacial score (nSPS) is 21.2. The topological polar surface area (TPSA) is 79.7 Å². The van der Waals surface area contributed by atoms with Crippen molar-refractivity contribution in [2.45, 2.75) is 52.1 Å². The van der Waals surface area contributed by atoms with Gasteiger partial charge >= 0.3 is 6.36 Å². The highest BCUT2D eigenvalue weighted by atomic mass is 19.4. The molecule has 34 heavy (non-hydrogen) atoms. The minimum absolute atomic E-state index is 0.0338. The number of alkyl halides is 3. The lowest BCUT2D eigenvalue weighted by atomic mass is 10.1. The summed E-state index contributed by atoms with van der Waals surface area (Å²) >= 11 is 0. The Morgan fingerprint density at radius 2 is 1.91 bits per heavy atom. The molecule has 2 aliphatic rings. The van der Waals surface area contributed by atoms with E-state index in [2.05, 4.69) is 20.1 Å². The quantitative estimate of drug-likeness (QED) is 0.714. The van der Waals surface area contributed by atoms with Gasteiger partial charge in [-0.3, -0.25) is 14.5 Å². The van der Waals surface area contributed by atoms with Gasteiger partial charge in [-0.1, -0.05) is 6.07 Å². The van der Waals surface area contributed by atoms with E-state index in [1.165, 1.54) is 29.8 Å². The maximum Gasteiger partial charge on any atom is 0.573 e. The molecule has 2 saturated heterocycles. The van der Waals surface area contributed by atoms with Gasteiger partial charge in [0.05, 0.1) is 22.6 Å². The molecule has 2 atom stereocenters. The Kier molecular flexibility index (Phi) is 6.57. The van der Waals surface area contributed by atoms with Crippen LogP contribution in [0.1, 0.15) is 41.5 Å². The predicted octanol–water partition coefficient (Wildman–Crippen LogP) is 2.81. The van der Waals surface area contributed by atoms with Gasteiger partial charge < -0.3 is 15.0 Å². The zero-order valence-corrected chi connectivity index (χ0v) is 19.4. The van der Waals surface area contributed by atoms with Crippen molar-refractivity contribution >= 4 is 11.8 Å². The van der Waals surface area contributed by atoms with Crippen LogP contribution in [0.4, 0.5) is 13.2 Å². The molecule has 8 nitrogen and oxygen atoms in total. The second-order valence-corrected chi connectivity index (χ2v) is 8.88. The first-order valence-electron chi connectivity index (χ1n) is 11.2. The van der Waals surface area contributed by atoms with Crippen molar-refractivity contribution in [3.05, 3.63) is 41.2 Å². The van der Waals surface area contributed by atoms with Crippen LogP contribution in [-0.4, -0.2) is 76.0 Å². The maximum atomic E-state index is 13.4. The molecule has 11 heteroatoms. The third kappa shape index (κ3) is 5.19. The van der Waals surface area contributed by atoms with Crippen LogP contribution < -0.4 is 10.1 Å². The van der Waals surface area contributed by atoms with Gasteiger partial charge in [0, 0.05) is 51.3 Å². The number of amides is 2. The number of hydrogen-bond acceptors (Lipinski definition) is 5. The van der Waals surface area contributed by atoms with Gasteiger partial charge in [0.2, 0.25) is 5.91 Å². The molecule has 0 radical (unpaired) electrons. The van der Waals surface area contributed by atoms with Crippen molar-refractivity contribution in [3.63, 3.8) is 0 Å². The largest absolute Gasteiger partial charge is 0.573 e. The Morgan fingerprint density at radius 3 is 2.62 bits per heavy atom. The molecule has 3 heterocycles. The van der Waals surface area contributed by atoms with E-state index in [1.807, 2.05) is 0 Å². The van der Waals surface area contributed by atoms with Gasteiger partial charge in [0.25, 0.3) is 5.91 Å². The van der Waals surface area contributed by atoms with Crippen LogP contribution in [0.2, 0.25) is 0 Å². The number of likely N-dealkylation sites (tertiary alicyclic amines) is 2. The van der Waals surface area contributed by atoms with Crippen molar-refractivity contribution in [1.82, 2.24) is 24.9 Å². The van der Waals surface area contributed by atoms with E-state index in [4.69, 9.17) is 0 Å². The van der Waals surface area contributed by atoms with Crippen LogP contribution in [0.3, 0.4) is 0 Å². The van der Waals surface area contributed by atoms with E-state index < -0.39 is 6.36 Å². The summed E-state index contributed by atoms with van der Waals surface area (Å²) in [5.74, 6) is -0.520. The second-order valence-electron chi connectivity index (χ2n) is 8.88. The SMILES string of the molecule is CC(=O)NC1CCN(C2CCN(C(=O)c3c(C)nn(-c4cccc(OC(F)(F)F)c4)c3C)C2)C1. The summed E-state index contributed by atoms with van der Waals surface area (Å²) in [5, 5.41) is 7.39. The fourth-order valence-electron chi connectivity index (χ4n) is 4.92. The average Bonchev–Trinajstić information content (AvgIpc) is 3.45. The standard InChI is InChI=1S/C23H28F3N5O3/c1-14-21(15(2)31(28-14)18-5-4-6-20(11-18)34-23(24,25)26)22(33)30-10-8-19(13-30)29-9-7-17(12-29)27-16(3)32/h4-6,11,17,19H,7-10,12-13H2,1-3H3,(H,27,32). The van der Waals surface area contributed by atoms with Crippen molar-refractivity contribution in [3.8, 4) is 11.4 Å². The van der Waals surface area contributed by atoms with E-state index >= 15 is 0 Å². The highest BCUT2D eigenvalue weighted by Gasteiger charge is 2.36. The Bertz CT molecular complexity index is 1080. The van der Waals surface area contributed by atoms with Gasteiger partial charge in [0.1, 0.15) is 5.75 Å². The first-order valence-corrected chi connectivity index (χ1v) is 11.2. The molecule has 2 unspecified atom stereocenters. The highest BCUT2D eigenvalue weighted by Crippen LogP contribution is 2.28. The number of halogens is 3. The predicted molar refractivity (Wildman–Crippen MR) is 118 cm³/mol.